The quantitative estimate of drug-likeness (QED) is 0.877. The molecule has 1 aliphatic heterocycles. The standard InChI is InChI=1S/C15H22ClN3O/c1-10(2)19(9-11-6-15(17)18-8-11)12-4-5-13(16)14(7-12)20-3/h4-7,10-11,18H,8-9,17H2,1-3H3/t11-/m0/s1. The molecule has 3 N–H and O–H groups in total. The Morgan fingerprint density at radius 2 is 2.25 bits per heavy atom. The number of hydrogen-bond donors (Lipinski definition) is 2. The first-order chi connectivity index (χ1) is 9.51. The van der Waals surface area contributed by atoms with E-state index in [1.54, 1.807) is 7.11 Å². The SMILES string of the molecule is COc1cc(N(C[C@H]2C=C(N)NC2)C(C)C)ccc1Cl. The molecule has 4 nitrogen and oxygen atoms in total. The van der Waals surface area contributed by atoms with Crippen LogP contribution in [0.3, 0.4) is 0 Å². The lowest BCUT2D eigenvalue weighted by molar-refractivity contribution is 0.415. The Labute approximate surface area is 125 Å². The van der Waals surface area contributed by atoms with E-state index in [0.29, 0.717) is 22.7 Å². The van der Waals surface area contributed by atoms with Crippen LogP contribution < -0.4 is 20.7 Å². The van der Waals surface area contributed by atoms with Crippen molar-refractivity contribution < 1.29 is 4.74 Å². The Kier molecular flexibility index (Phi) is 4.65. The zero-order valence-corrected chi connectivity index (χ0v) is 12.9. The number of anilines is 1. The molecule has 0 saturated carbocycles. The van der Waals surface area contributed by atoms with Gasteiger partial charge in [-0.2, -0.15) is 0 Å². The van der Waals surface area contributed by atoms with Gasteiger partial charge in [-0.25, -0.2) is 0 Å². The highest BCUT2D eigenvalue weighted by atomic mass is 35.5. The summed E-state index contributed by atoms with van der Waals surface area (Å²) in [5.74, 6) is 1.89. The highest BCUT2D eigenvalue weighted by molar-refractivity contribution is 6.32. The van der Waals surface area contributed by atoms with Crippen LogP contribution >= 0.6 is 11.6 Å². The summed E-state index contributed by atoms with van der Waals surface area (Å²) in [5, 5.41) is 3.79. The van der Waals surface area contributed by atoms with E-state index in [4.69, 9.17) is 22.1 Å². The second-order valence-electron chi connectivity index (χ2n) is 5.33. The largest absolute Gasteiger partial charge is 0.495 e. The van der Waals surface area contributed by atoms with Gasteiger partial charge >= 0.3 is 0 Å². The lowest BCUT2D eigenvalue weighted by atomic mass is 10.1. The van der Waals surface area contributed by atoms with Crippen molar-refractivity contribution in [3.8, 4) is 5.75 Å². The van der Waals surface area contributed by atoms with E-state index in [0.717, 1.165) is 24.6 Å². The molecule has 1 aromatic rings. The fourth-order valence-electron chi connectivity index (χ4n) is 2.43. The number of nitrogens with two attached hydrogens (primary N) is 1. The minimum atomic E-state index is 0.385. The molecule has 110 valence electrons. The third-order valence-electron chi connectivity index (χ3n) is 3.50. The molecular weight excluding hydrogens is 274 g/mol. The van der Waals surface area contributed by atoms with Crippen molar-refractivity contribution in [3.63, 3.8) is 0 Å². The molecule has 2 rings (SSSR count). The molecule has 1 heterocycles. The number of ether oxygens (including phenoxy) is 1. The van der Waals surface area contributed by atoms with Gasteiger partial charge in [0.2, 0.25) is 0 Å². The predicted molar refractivity (Wildman–Crippen MR) is 84.2 cm³/mol. The maximum absolute atomic E-state index is 6.09. The van der Waals surface area contributed by atoms with E-state index in [-0.39, 0.29) is 0 Å². The summed E-state index contributed by atoms with van der Waals surface area (Å²) < 4.78 is 5.30. The Morgan fingerprint density at radius 1 is 1.50 bits per heavy atom. The molecular formula is C15H22ClN3O. The first-order valence-corrected chi connectivity index (χ1v) is 7.20. The van der Waals surface area contributed by atoms with Gasteiger partial charge < -0.3 is 20.7 Å². The summed E-state index contributed by atoms with van der Waals surface area (Å²) in [6.45, 7) is 6.16. The Bertz CT molecular complexity index is 502. The molecule has 20 heavy (non-hydrogen) atoms. The van der Waals surface area contributed by atoms with Crippen LogP contribution in [0.25, 0.3) is 0 Å². The van der Waals surface area contributed by atoms with Gasteiger partial charge in [0, 0.05) is 36.8 Å². The molecule has 0 aromatic heterocycles. The molecule has 0 aliphatic carbocycles. The predicted octanol–water partition coefficient (Wildman–Crippen LogP) is 2.58. The second kappa shape index (κ2) is 6.27. The molecule has 1 atom stereocenters. The summed E-state index contributed by atoms with van der Waals surface area (Å²) in [7, 11) is 1.63. The summed E-state index contributed by atoms with van der Waals surface area (Å²) in [5.41, 5.74) is 6.89. The molecule has 0 radical (unpaired) electrons. The summed E-state index contributed by atoms with van der Waals surface area (Å²) in [6, 6.07) is 6.27. The zero-order chi connectivity index (χ0) is 14.7. The lowest BCUT2D eigenvalue weighted by Crippen LogP contribution is -2.36. The summed E-state index contributed by atoms with van der Waals surface area (Å²) in [4.78, 5) is 2.33. The number of hydrogen-bond acceptors (Lipinski definition) is 4. The van der Waals surface area contributed by atoms with Gasteiger partial charge in [-0.15, -0.1) is 0 Å². The van der Waals surface area contributed by atoms with E-state index in [9.17, 15) is 0 Å². The third-order valence-corrected chi connectivity index (χ3v) is 3.82. The summed E-state index contributed by atoms with van der Waals surface area (Å²) in [6.07, 6.45) is 2.09. The van der Waals surface area contributed by atoms with E-state index in [1.165, 1.54) is 0 Å². The highest BCUT2D eigenvalue weighted by Gasteiger charge is 2.20. The van der Waals surface area contributed by atoms with Crippen LogP contribution in [0.15, 0.2) is 30.1 Å². The number of benzene rings is 1. The summed E-state index contributed by atoms with van der Waals surface area (Å²) >= 11 is 6.09. The van der Waals surface area contributed by atoms with Crippen molar-refractivity contribution in [3.05, 3.63) is 35.1 Å². The van der Waals surface area contributed by atoms with Gasteiger partial charge in [-0.3, -0.25) is 0 Å². The highest BCUT2D eigenvalue weighted by Crippen LogP contribution is 2.30. The molecule has 1 aromatic carbocycles. The maximum Gasteiger partial charge on any atom is 0.139 e. The molecule has 0 bridgehead atoms. The Morgan fingerprint density at radius 3 is 2.80 bits per heavy atom. The molecule has 0 unspecified atom stereocenters. The molecule has 5 heteroatoms. The van der Waals surface area contributed by atoms with Gasteiger partial charge in [-0.05, 0) is 32.1 Å². The van der Waals surface area contributed by atoms with Crippen molar-refractivity contribution >= 4 is 17.3 Å². The first kappa shape index (κ1) is 14.9. The number of methoxy groups -OCH3 is 1. The van der Waals surface area contributed by atoms with Gasteiger partial charge in [-0.1, -0.05) is 11.6 Å². The van der Waals surface area contributed by atoms with E-state index in [1.807, 2.05) is 18.2 Å². The molecule has 0 saturated heterocycles. The molecule has 1 aliphatic rings. The first-order valence-electron chi connectivity index (χ1n) is 6.82. The van der Waals surface area contributed by atoms with Crippen molar-refractivity contribution in [2.24, 2.45) is 11.7 Å². The third kappa shape index (κ3) is 3.31. The average molecular weight is 296 g/mol. The van der Waals surface area contributed by atoms with Gasteiger partial charge in [0.15, 0.2) is 0 Å². The normalized spacial score (nSPS) is 17.9. The molecule has 0 spiro atoms. The van der Waals surface area contributed by atoms with Crippen LogP contribution in [-0.4, -0.2) is 26.2 Å². The van der Waals surface area contributed by atoms with Crippen molar-refractivity contribution in [1.29, 1.82) is 0 Å². The Balaban J connectivity index is 2.20. The number of nitrogens with one attached hydrogen (secondary N) is 1. The van der Waals surface area contributed by atoms with Crippen molar-refractivity contribution in [1.82, 2.24) is 5.32 Å². The average Bonchev–Trinajstić information content (AvgIpc) is 2.82. The molecule has 0 amide bonds. The minimum absolute atomic E-state index is 0.385. The fourth-order valence-corrected chi connectivity index (χ4v) is 2.63. The van der Waals surface area contributed by atoms with Crippen LogP contribution in [0.1, 0.15) is 13.8 Å². The smallest absolute Gasteiger partial charge is 0.139 e. The Hall–Kier alpha value is -1.55. The maximum atomic E-state index is 6.09. The van der Waals surface area contributed by atoms with Gasteiger partial charge in [0.25, 0.3) is 0 Å². The van der Waals surface area contributed by atoms with E-state index >= 15 is 0 Å². The number of nitrogens with zero attached hydrogens (tertiary/aromatic N) is 1. The lowest BCUT2D eigenvalue weighted by Gasteiger charge is -2.31. The van der Waals surface area contributed by atoms with Crippen LogP contribution in [0.5, 0.6) is 5.75 Å². The fraction of sp³-hybridized carbons (Fsp3) is 0.467. The van der Waals surface area contributed by atoms with Gasteiger partial charge in [0.1, 0.15) is 5.75 Å². The van der Waals surface area contributed by atoms with Crippen LogP contribution in [0.2, 0.25) is 5.02 Å². The minimum Gasteiger partial charge on any atom is -0.495 e. The van der Waals surface area contributed by atoms with Crippen LogP contribution in [0.4, 0.5) is 5.69 Å². The number of halogens is 1. The van der Waals surface area contributed by atoms with Crippen LogP contribution in [0, 0.1) is 5.92 Å². The van der Waals surface area contributed by atoms with Crippen LogP contribution in [-0.2, 0) is 0 Å². The topological polar surface area (TPSA) is 50.5 Å². The van der Waals surface area contributed by atoms with E-state index < -0.39 is 0 Å². The number of rotatable bonds is 5. The molecule has 0 fully saturated rings. The van der Waals surface area contributed by atoms with Crippen molar-refractivity contribution in [2.45, 2.75) is 19.9 Å². The van der Waals surface area contributed by atoms with Gasteiger partial charge in [0.05, 0.1) is 18.0 Å². The second-order valence-corrected chi connectivity index (χ2v) is 5.74. The van der Waals surface area contributed by atoms with E-state index in [2.05, 4.69) is 30.1 Å². The van der Waals surface area contributed by atoms with Crippen molar-refractivity contribution in [2.75, 3.05) is 25.1 Å². The monoisotopic (exact) mass is 295 g/mol. The zero-order valence-electron chi connectivity index (χ0n) is 12.2.